The molecular formula is C97H112Cl2N8O6. The smallest absolute Gasteiger partial charge is 0.164 e. The van der Waals surface area contributed by atoms with E-state index >= 15 is 0 Å². The van der Waals surface area contributed by atoms with Crippen molar-refractivity contribution in [2.45, 2.75) is 177 Å². The summed E-state index contributed by atoms with van der Waals surface area (Å²) in [4.78, 5) is 66.5. The summed E-state index contributed by atoms with van der Waals surface area (Å²) in [6, 6.07) is 38.4. The number of rotatable bonds is 26. The van der Waals surface area contributed by atoms with Gasteiger partial charge in [-0.15, -0.1) is 24.0 Å². The number of carbonyl (C=O) groups is 5. The third-order valence-electron chi connectivity index (χ3n) is 24.3. The maximum absolute atomic E-state index is 12.5. The molecule has 8 aromatic carbocycles. The minimum atomic E-state index is 0. The number of likely N-dealkylation sites (N-methyl/N-ethyl adjacent to an activating group) is 1. The third-order valence-corrected chi connectivity index (χ3v) is 24.5. The van der Waals surface area contributed by atoms with E-state index in [2.05, 4.69) is 174 Å². The van der Waals surface area contributed by atoms with Crippen LogP contribution in [0.15, 0.2) is 129 Å². The highest BCUT2D eigenvalue weighted by Crippen LogP contribution is 2.48. The van der Waals surface area contributed by atoms with Gasteiger partial charge >= 0.3 is 0 Å². The topological polar surface area (TPSA) is 145 Å². The molecule has 0 amide bonds. The Bertz CT molecular complexity index is 5560. The molecule has 0 spiro atoms. The molecule has 0 saturated heterocycles. The molecule has 0 fully saturated rings. The molecule has 113 heavy (non-hydrogen) atoms. The number of methoxy groups -OCH3 is 1. The van der Waals surface area contributed by atoms with Crippen molar-refractivity contribution < 1.29 is 28.7 Å². The molecule has 14 nitrogen and oxygen atoms in total. The lowest BCUT2D eigenvalue weighted by molar-refractivity contribution is 0.0975. The molecule has 0 atom stereocenters. The van der Waals surface area contributed by atoms with Gasteiger partial charge in [-0.05, 0) is 271 Å². The average molecular weight is 1560 g/mol. The number of fused-ring (bicyclic) bond motifs is 22. The van der Waals surface area contributed by atoms with E-state index < -0.39 is 0 Å². The Balaban J connectivity index is 0.000000131. The van der Waals surface area contributed by atoms with E-state index in [0.29, 0.717) is 66.0 Å². The van der Waals surface area contributed by atoms with Crippen molar-refractivity contribution in [1.82, 2.24) is 38.7 Å². The Kier molecular flexibility index (Phi) is 25.5. The van der Waals surface area contributed by atoms with Crippen molar-refractivity contribution in [3.8, 4) is 5.75 Å². The molecule has 16 heteroatoms. The van der Waals surface area contributed by atoms with E-state index in [1.807, 2.05) is 49.4 Å². The molecule has 5 aliphatic rings. The van der Waals surface area contributed by atoms with Crippen molar-refractivity contribution in [3.05, 3.63) is 201 Å². The molecule has 0 aliphatic heterocycles. The molecule has 590 valence electrons. The number of hydrogen-bond acceptors (Lipinski definition) is 10. The second-order valence-electron chi connectivity index (χ2n) is 31.8. The Morgan fingerprint density at radius 2 is 0.912 bits per heavy atom. The molecule has 17 rings (SSSR count). The Labute approximate surface area is 677 Å². The summed E-state index contributed by atoms with van der Waals surface area (Å²) in [5.74, 6) is 1.81. The van der Waals surface area contributed by atoms with E-state index in [1.165, 1.54) is 116 Å². The summed E-state index contributed by atoms with van der Waals surface area (Å²) in [7, 11) is 5.84. The van der Waals surface area contributed by atoms with E-state index in [9.17, 15) is 24.0 Å². The second-order valence-corrected chi connectivity index (χ2v) is 32.2. The van der Waals surface area contributed by atoms with Gasteiger partial charge in [0.1, 0.15) is 5.75 Å². The fraction of sp³-hybridized carbons (Fsp3) is 0.392. The van der Waals surface area contributed by atoms with Crippen LogP contribution < -0.4 is 15.4 Å². The number of carbonyl (C=O) groups excluding carboxylic acids is 5. The molecule has 5 aliphatic carbocycles. The fourth-order valence-corrected chi connectivity index (χ4v) is 18.9. The molecule has 12 aromatic rings. The van der Waals surface area contributed by atoms with Crippen LogP contribution in [0.5, 0.6) is 5.75 Å². The molecule has 2 N–H and O–H groups in total. The van der Waals surface area contributed by atoms with Crippen LogP contribution in [0.3, 0.4) is 0 Å². The summed E-state index contributed by atoms with van der Waals surface area (Å²) in [6.07, 6.45) is 13.2. The van der Waals surface area contributed by atoms with Gasteiger partial charge < -0.3 is 43.4 Å². The van der Waals surface area contributed by atoms with Crippen molar-refractivity contribution in [2.75, 3.05) is 72.9 Å². The summed E-state index contributed by atoms with van der Waals surface area (Å²) < 4.78 is 15.2. The van der Waals surface area contributed by atoms with Crippen molar-refractivity contribution in [1.29, 1.82) is 0 Å². The second kappa shape index (κ2) is 35.2. The van der Waals surface area contributed by atoms with Gasteiger partial charge in [0.15, 0.2) is 28.9 Å². The summed E-state index contributed by atoms with van der Waals surface area (Å²) in [5, 5.41) is 16.9. The minimum absolute atomic E-state index is 0. The third kappa shape index (κ3) is 15.7. The summed E-state index contributed by atoms with van der Waals surface area (Å²) in [6.45, 7) is 38.0. The van der Waals surface area contributed by atoms with Gasteiger partial charge in [0.05, 0.1) is 18.2 Å². The van der Waals surface area contributed by atoms with Crippen LogP contribution in [0.25, 0.3) is 104 Å². The van der Waals surface area contributed by atoms with Gasteiger partial charge in [0, 0.05) is 187 Å². The zero-order chi connectivity index (χ0) is 78.9. The number of nitrogens with zero attached hydrogens (tertiary/aromatic N) is 6. The van der Waals surface area contributed by atoms with Crippen LogP contribution in [-0.2, 0) is 58.3 Å². The SMILES string of the molecule is C=C1CCc2c1ccc1c2c2c3c(ccc2n1CCCNCC)C(=O)CC3.C=C1CCc2c1ccc1c2c2c3c(ccc2n1CCNC(C)C)C(=O)CC3.C=C1CCc2c1ccc1c2c2cc(C(C)=O)c(OC)cc2n1CCCN(C)C.CCCC(=O)c1ccc2c(c1)c1cc(C(=O)CCCl)ccc1n2CCN(CC)CC.Cl. The van der Waals surface area contributed by atoms with Crippen LogP contribution in [-0.4, -0.2) is 136 Å². The van der Waals surface area contributed by atoms with Gasteiger partial charge in [0.2, 0.25) is 0 Å². The summed E-state index contributed by atoms with van der Waals surface area (Å²) >= 11 is 5.78. The molecule has 0 unspecified atom stereocenters. The first-order valence-corrected chi connectivity index (χ1v) is 41.7. The number of nitrogens with one attached hydrogen (secondary N) is 2. The lowest BCUT2D eigenvalue weighted by Gasteiger charge is -2.19. The van der Waals surface area contributed by atoms with Gasteiger partial charge in [-0.1, -0.05) is 79.5 Å². The molecular weight excluding hydrogens is 1440 g/mol. The standard InChI is InChI=1S/C25H31ClN2O2.C24H28N2O2.2C24H26N2O.ClH/c1-4-7-24(29)18-8-10-22-20(16-18)21-17-19(25(30)12-13-26)9-11-23(21)28(22)15-14-27(5-2)6-3;1-15-7-8-18-17(15)9-10-21-24(18)20-13-19(16(2)27)23(28-5)14-22(20)26(21)12-6-11-25(3)4;1-14(2)25-12-13-26-20-9-6-16-15(3)4-5-18(16)23(20)24-19-8-11-22(27)17(19)7-10-21(24)26;1-3-25-13-4-14-26-20-10-7-16-15(2)5-6-18(16)23(20)24-19-9-12-22(27)17(19)8-11-21(24)26;/h8-11,16-17H,4-7,12-15H2,1-3H3;9-10,13-14H,1,6-8,11-12H2,2-5H3;6-7,9-10,14,25H,3-5,8,11-13H2,1-2H3;7-8,10-11,25H,2-6,9,12-14H2,1H3;1H. The first kappa shape index (κ1) is 81.8. The highest BCUT2D eigenvalue weighted by molar-refractivity contribution is 6.21. The number of Topliss-reactive ketones (excluding diaryl/α,β-unsaturated/α-hetero) is 5. The summed E-state index contributed by atoms with van der Waals surface area (Å²) in [5.41, 5.74) is 28.2. The Morgan fingerprint density at radius 1 is 0.487 bits per heavy atom. The molecule has 4 heterocycles. The number of hydrogen-bond donors (Lipinski definition) is 2. The average Bonchev–Trinajstić information content (AvgIpc) is 1.58. The largest absolute Gasteiger partial charge is 0.496 e. The number of ketones is 5. The van der Waals surface area contributed by atoms with Crippen molar-refractivity contribution in [2.24, 2.45) is 0 Å². The van der Waals surface area contributed by atoms with Crippen LogP contribution >= 0.6 is 24.0 Å². The molecule has 4 aromatic heterocycles. The van der Waals surface area contributed by atoms with Gasteiger partial charge in [-0.25, -0.2) is 0 Å². The maximum Gasteiger partial charge on any atom is 0.164 e. The van der Waals surface area contributed by atoms with E-state index in [0.717, 1.165) is 192 Å². The highest BCUT2D eigenvalue weighted by atomic mass is 35.5. The lowest BCUT2D eigenvalue weighted by Crippen LogP contribution is -2.26. The first-order valence-electron chi connectivity index (χ1n) is 41.2. The van der Waals surface area contributed by atoms with E-state index in [1.54, 1.807) is 14.0 Å². The monoisotopic (exact) mass is 1550 g/mol. The normalized spacial score (nSPS) is 14.1. The number of aromatic nitrogens is 4. The van der Waals surface area contributed by atoms with Crippen LogP contribution in [0.1, 0.15) is 209 Å². The van der Waals surface area contributed by atoms with Gasteiger partial charge in [-0.3, -0.25) is 24.0 Å². The van der Waals surface area contributed by atoms with Crippen molar-refractivity contribution in [3.63, 3.8) is 0 Å². The lowest BCUT2D eigenvalue weighted by atomic mass is 9.97. The Hall–Kier alpha value is -9.25. The number of ether oxygens (including phenoxy) is 1. The zero-order valence-corrected chi connectivity index (χ0v) is 69.7. The number of aryl methyl sites for hydroxylation is 7. The van der Waals surface area contributed by atoms with Gasteiger partial charge in [-0.2, -0.15) is 0 Å². The predicted molar refractivity (Wildman–Crippen MR) is 475 cm³/mol. The quantitative estimate of drug-likeness (QED) is 0.0305. The predicted octanol–water partition coefficient (Wildman–Crippen LogP) is 21.0. The minimum Gasteiger partial charge on any atom is -0.496 e. The van der Waals surface area contributed by atoms with E-state index in [-0.39, 0.29) is 29.8 Å². The van der Waals surface area contributed by atoms with Crippen LogP contribution in [0, 0.1) is 0 Å². The highest BCUT2D eigenvalue weighted by Gasteiger charge is 2.32. The zero-order valence-electron chi connectivity index (χ0n) is 68.1. The fourth-order valence-electron chi connectivity index (χ4n) is 18.7. The van der Waals surface area contributed by atoms with Crippen LogP contribution in [0.4, 0.5) is 0 Å². The van der Waals surface area contributed by atoms with E-state index in [4.69, 9.17) is 16.3 Å². The number of alkyl halides is 1. The Morgan fingerprint density at radius 3 is 1.36 bits per heavy atom. The number of allylic oxidation sites excluding steroid dienone is 3. The molecule has 0 bridgehead atoms. The maximum atomic E-state index is 12.5. The molecule has 0 saturated carbocycles. The van der Waals surface area contributed by atoms with Gasteiger partial charge in [0.25, 0.3) is 0 Å². The van der Waals surface area contributed by atoms with Crippen LogP contribution in [0.2, 0.25) is 0 Å². The first-order chi connectivity index (χ1) is 54.2. The molecule has 0 radical (unpaired) electrons. The number of halogens is 2. The number of benzene rings is 8. The van der Waals surface area contributed by atoms with Crippen molar-refractivity contribution >= 4 is 157 Å².